The number of benzene rings is 1. The molecule has 4 heteroatoms. The molecule has 0 aliphatic heterocycles. The van der Waals surface area contributed by atoms with Crippen molar-refractivity contribution < 1.29 is 10.4 Å². The lowest BCUT2D eigenvalue weighted by molar-refractivity contribution is -0.991. The molecule has 0 saturated heterocycles. The largest absolute Gasteiger partial charge is 0.595 e. The summed E-state index contributed by atoms with van der Waals surface area (Å²) < 4.78 is 2.11. The number of nitrogens with one attached hydrogen (secondary N) is 1. The van der Waals surface area contributed by atoms with Crippen molar-refractivity contribution in [1.29, 1.82) is 0 Å². The molecule has 0 aliphatic rings. The number of rotatable bonds is 3. The van der Waals surface area contributed by atoms with E-state index < -0.39 is 5.23 Å². The van der Waals surface area contributed by atoms with Gasteiger partial charge in [-0.05, 0) is 41.8 Å². The van der Waals surface area contributed by atoms with Gasteiger partial charge in [0.1, 0.15) is 0 Å². The zero-order valence-corrected chi connectivity index (χ0v) is 11.2. The van der Waals surface area contributed by atoms with Crippen LogP contribution in [0.2, 0.25) is 0 Å². The standard InChI is InChI=1S/C16H16N2O2/c1-2-12-3-6-16-9-14(11-17(16)10-12)13-4-7-15(8-5-13)18(19)20/h3-11,18-19H,2H2,1H3. The van der Waals surface area contributed by atoms with Crippen LogP contribution in [0.4, 0.5) is 5.69 Å². The van der Waals surface area contributed by atoms with Crippen molar-refractivity contribution in [2.75, 3.05) is 0 Å². The Labute approximate surface area is 117 Å². The average molecular weight is 268 g/mol. The molecule has 0 fully saturated rings. The van der Waals surface area contributed by atoms with Crippen molar-refractivity contribution in [3.05, 3.63) is 65.6 Å². The van der Waals surface area contributed by atoms with E-state index in [9.17, 15) is 5.21 Å². The topological polar surface area (TPSA) is 52.1 Å². The molecule has 1 atom stereocenters. The zero-order chi connectivity index (χ0) is 14.1. The van der Waals surface area contributed by atoms with E-state index in [2.05, 4.69) is 41.9 Å². The number of hydrogen-bond acceptors (Lipinski definition) is 2. The molecule has 0 radical (unpaired) electrons. The number of fused-ring (bicyclic) bond motifs is 1. The Morgan fingerprint density at radius 2 is 1.80 bits per heavy atom. The quantitative estimate of drug-likeness (QED) is 0.717. The van der Waals surface area contributed by atoms with E-state index in [4.69, 9.17) is 5.21 Å². The van der Waals surface area contributed by atoms with Gasteiger partial charge in [-0.1, -0.05) is 13.0 Å². The third kappa shape index (κ3) is 2.32. The van der Waals surface area contributed by atoms with Crippen molar-refractivity contribution in [3.63, 3.8) is 0 Å². The summed E-state index contributed by atoms with van der Waals surface area (Å²) in [4.78, 5) is 0. The second kappa shape index (κ2) is 5.09. The average Bonchev–Trinajstić information content (AvgIpc) is 2.90. The Morgan fingerprint density at radius 1 is 1.05 bits per heavy atom. The normalized spacial score (nSPS) is 12.8. The molecule has 3 aromatic rings. The second-order valence-corrected chi connectivity index (χ2v) is 4.83. The summed E-state index contributed by atoms with van der Waals surface area (Å²) in [6, 6.07) is 13.3. The first-order chi connectivity index (χ1) is 9.67. The molecule has 1 aromatic carbocycles. The van der Waals surface area contributed by atoms with Gasteiger partial charge in [-0.3, -0.25) is 0 Å². The van der Waals surface area contributed by atoms with Gasteiger partial charge in [-0.15, -0.1) is 0 Å². The number of aryl methyl sites for hydroxylation is 1. The van der Waals surface area contributed by atoms with Crippen molar-refractivity contribution in [2.24, 2.45) is 0 Å². The van der Waals surface area contributed by atoms with Gasteiger partial charge in [0.15, 0.2) is 5.69 Å². The first kappa shape index (κ1) is 12.9. The minimum Gasteiger partial charge on any atom is -0.595 e. The molecule has 2 aromatic heterocycles. The lowest BCUT2D eigenvalue weighted by atomic mass is 10.1. The van der Waals surface area contributed by atoms with Gasteiger partial charge in [-0.2, -0.15) is 5.23 Å². The lowest BCUT2D eigenvalue weighted by Crippen LogP contribution is -2.99. The predicted molar refractivity (Wildman–Crippen MR) is 78.0 cm³/mol. The Balaban J connectivity index is 2.01. The molecule has 0 saturated carbocycles. The van der Waals surface area contributed by atoms with Gasteiger partial charge >= 0.3 is 0 Å². The number of quaternary nitrogens is 1. The lowest BCUT2D eigenvalue weighted by Gasteiger charge is -2.11. The highest BCUT2D eigenvalue weighted by molar-refractivity contribution is 5.71. The van der Waals surface area contributed by atoms with Gasteiger partial charge in [0.25, 0.3) is 0 Å². The van der Waals surface area contributed by atoms with Crippen LogP contribution in [-0.4, -0.2) is 9.61 Å². The molecule has 0 aliphatic carbocycles. The van der Waals surface area contributed by atoms with Crippen LogP contribution < -0.4 is 5.23 Å². The maximum absolute atomic E-state index is 10.9. The Kier molecular flexibility index (Phi) is 3.28. The van der Waals surface area contributed by atoms with E-state index in [1.807, 2.05) is 12.1 Å². The molecular weight excluding hydrogens is 252 g/mol. The molecule has 1 unspecified atom stereocenters. The first-order valence-electron chi connectivity index (χ1n) is 6.62. The Morgan fingerprint density at radius 3 is 2.45 bits per heavy atom. The summed E-state index contributed by atoms with van der Waals surface area (Å²) >= 11 is 0. The van der Waals surface area contributed by atoms with Gasteiger partial charge in [0.05, 0.1) is 0 Å². The van der Waals surface area contributed by atoms with E-state index in [-0.39, 0.29) is 0 Å². The smallest absolute Gasteiger partial charge is 0.163 e. The number of hydrogen-bond donors (Lipinski definition) is 2. The van der Waals surface area contributed by atoms with Crippen LogP contribution in [0.1, 0.15) is 12.5 Å². The molecule has 20 heavy (non-hydrogen) atoms. The molecule has 0 spiro atoms. The maximum Gasteiger partial charge on any atom is 0.163 e. The molecule has 4 nitrogen and oxygen atoms in total. The van der Waals surface area contributed by atoms with Gasteiger partial charge in [0.2, 0.25) is 0 Å². The number of nitrogens with zero attached hydrogens (tertiary/aromatic N) is 1. The summed E-state index contributed by atoms with van der Waals surface area (Å²) in [5.74, 6) is 0. The molecule has 0 amide bonds. The third-order valence-corrected chi connectivity index (χ3v) is 3.53. The second-order valence-electron chi connectivity index (χ2n) is 4.83. The van der Waals surface area contributed by atoms with E-state index in [1.165, 1.54) is 5.56 Å². The fraction of sp³-hybridized carbons (Fsp3) is 0.125. The molecule has 3 rings (SSSR count). The fourth-order valence-corrected chi connectivity index (χ4v) is 2.33. The van der Waals surface area contributed by atoms with E-state index in [1.54, 1.807) is 12.1 Å². The number of pyridine rings is 1. The van der Waals surface area contributed by atoms with Crippen LogP contribution in [0.5, 0.6) is 0 Å². The minimum atomic E-state index is -0.897. The molecular formula is C16H16N2O2. The van der Waals surface area contributed by atoms with Crippen molar-refractivity contribution >= 4 is 11.2 Å². The fourth-order valence-electron chi connectivity index (χ4n) is 2.33. The van der Waals surface area contributed by atoms with Gasteiger partial charge in [0, 0.05) is 35.6 Å². The summed E-state index contributed by atoms with van der Waals surface area (Å²) in [7, 11) is 0. The van der Waals surface area contributed by atoms with Crippen LogP contribution in [0, 0.1) is 5.21 Å². The van der Waals surface area contributed by atoms with Crippen molar-refractivity contribution in [3.8, 4) is 11.1 Å². The molecule has 2 heterocycles. The zero-order valence-electron chi connectivity index (χ0n) is 11.2. The highest BCUT2D eigenvalue weighted by atomic mass is 16.8. The predicted octanol–water partition coefficient (Wildman–Crippen LogP) is 2.57. The van der Waals surface area contributed by atoms with Crippen LogP contribution in [-0.2, 0) is 6.42 Å². The molecule has 2 N–H and O–H groups in total. The monoisotopic (exact) mass is 268 g/mol. The van der Waals surface area contributed by atoms with Crippen LogP contribution in [0.3, 0.4) is 0 Å². The molecule has 102 valence electrons. The third-order valence-electron chi connectivity index (χ3n) is 3.53. The van der Waals surface area contributed by atoms with E-state index in [0.29, 0.717) is 5.69 Å². The van der Waals surface area contributed by atoms with E-state index >= 15 is 0 Å². The van der Waals surface area contributed by atoms with Crippen molar-refractivity contribution in [2.45, 2.75) is 13.3 Å². The van der Waals surface area contributed by atoms with Gasteiger partial charge < -0.3 is 9.61 Å². The summed E-state index contributed by atoms with van der Waals surface area (Å²) in [6.07, 6.45) is 5.21. The maximum atomic E-state index is 10.9. The highest BCUT2D eigenvalue weighted by Crippen LogP contribution is 2.24. The Hall–Kier alpha value is -2.14. The van der Waals surface area contributed by atoms with E-state index in [0.717, 1.165) is 23.1 Å². The highest BCUT2D eigenvalue weighted by Gasteiger charge is 2.05. The van der Waals surface area contributed by atoms with Crippen LogP contribution in [0.25, 0.3) is 16.6 Å². The van der Waals surface area contributed by atoms with Crippen molar-refractivity contribution in [1.82, 2.24) is 4.40 Å². The first-order valence-corrected chi connectivity index (χ1v) is 6.62. The minimum absolute atomic E-state index is 0.311. The number of aromatic nitrogens is 1. The van der Waals surface area contributed by atoms with Gasteiger partial charge in [-0.25, -0.2) is 5.21 Å². The Bertz CT molecular complexity index is 730. The summed E-state index contributed by atoms with van der Waals surface area (Å²) in [5, 5.41) is 18.9. The summed E-state index contributed by atoms with van der Waals surface area (Å²) in [6.45, 7) is 2.14. The van der Waals surface area contributed by atoms with Crippen LogP contribution in [0.15, 0.2) is 54.9 Å². The van der Waals surface area contributed by atoms with Crippen LogP contribution >= 0.6 is 0 Å². The molecule has 0 bridgehead atoms. The SMILES string of the molecule is CCc1ccc2cc(-c3ccc([NH+]([O-])O)cc3)cn2c1. The summed E-state index contributed by atoms with van der Waals surface area (Å²) in [5.41, 5.74) is 4.86.